The highest BCUT2D eigenvalue weighted by Gasteiger charge is 2.30. The van der Waals surface area contributed by atoms with Crippen LogP contribution in [-0.4, -0.2) is 94.2 Å². The van der Waals surface area contributed by atoms with E-state index in [1.807, 2.05) is 0 Å². The molecule has 2 aromatic carbocycles. The molecule has 0 aromatic heterocycles. The summed E-state index contributed by atoms with van der Waals surface area (Å²) in [7, 11) is -4.15. The fourth-order valence-corrected chi connectivity index (χ4v) is 5.32. The topological polar surface area (TPSA) is 218 Å². The van der Waals surface area contributed by atoms with Crippen LogP contribution in [0, 0.1) is 5.41 Å². The maximum absolute atomic E-state index is 12.8. The molecule has 0 spiro atoms. The highest BCUT2D eigenvalue weighted by Crippen LogP contribution is 2.18. The Kier molecular flexibility index (Phi) is 11.3. The highest BCUT2D eigenvalue weighted by atomic mass is 32.2. The van der Waals surface area contributed by atoms with Gasteiger partial charge in [-0.3, -0.25) is 19.8 Å². The van der Waals surface area contributed by atoms with Crippen molar-refractivity contribution < 1.29 is 41.9 Å². The summed E-state index contributed by atoms with van der Waals surface area (Å²) in [4.78, 5) is 64.0. The van der Waals surface area contributed by atoms with Crippen molar-refractivity contribution in [1.29, 1.82) is 5.41 Å². The van der Waals surface area contributed by atoms with Gasteiger partial charge in [0.25, 0.3) is 0 Å². The number of esters is 3. The first-order valence-corrected chi connectivity index (χ1v) is 14.6. The largest absolute Gasteiger partial charge is 0.454 e. The van der Waals surface area contributed by atoms with Crippen LogP contribution in [-0.2, 0) is 49.2 Å². The van der Waals surface area contributed by atoms with Gasteiger partial charge in [0.2, 0.25) is 21.8 Å². The van der Waals surface area contributed by atoms with Gasteiger partial charge in [0.1, 0.15) is 11.9 Å². The van der Waals surface area contributed by atoms with Crippen molar-refractivity contribution in [1.82, 2.24) is 14.9 Å². The number of carbonyl (C=O) groups excluding carboxylic acids is 5. The second-order valence-electron chi connectivity index (χ2n) is 9.49. The molecule has 1 aliphatic heterocycles. The average Bonchev–Trinajstić information content (AvgIpc) is 2.95. The van der Waals surface area contributed by atoms with Gasteiger partial charge in [-0.05, 0) is 29.8 Å². The standard InChI is InChI=1S/C27H32N6O9S/c1-18(34)41-16-25(37)42-27(38)22(31-43(39,40)17-19-5-3-2-4-6-19)13-30-23(35)14-33-12-11-32(15-24(33)36)21-9-7-20(8-10-21)26(28)29/h2-10,22,31H,11-17H2,1H3,(H3,28,29)(H,30,35)/t22-/m0/s1. The summed E-state index contributed by atoms with van der Waals surface area (Å²) in [6.45, 7) is -0.166. The molecule has 1 saturated heterocycles. The Bertz CT molecular complexity index is 1470. The van der Waals surface area contributed by atoms with Crippen LogP contribution in [0.5, 0.6) is 0 Å². The minimum Gasteiger partial charge on any atom is -0.454 e. The molecule has 1 aliphatic rings. The number of carbonyl (C=O) groups is 5. The number of ether oxygens (including phenoxy) is 2. The Morgan fingerprint density at radius 3 is 2.33 bits per heavy atom. The Morgan fingerprint density at radius 1 is 1.05 bits per heavy atom. The molecule has 5 N–H and O–H groups in total. The molecule has 16 heteroatoms. The average molecular weight is 617 g/mol. The molecule has 1 atom stereocenters. The summed E-state index contributed by atoms with van der Waals surface area (Å²) >= 11 is 0. The quantitative estimate of drug-likeness (QED) is 0.0912. The SMILES string of the molecule is CC(=O)OCC(=O)OC(=O)[C@H](CNC(=O)CN1CCN(c2ccc(C(=N)N)cc2)CC1=O)NS(=O)(=O)Cc1ccccc1. The fraction of sp³-hybridized carbons (Fsp3) is 0.333. The van der Waals surface area contributed by atoms with E-state index in [2.05, 4.69) is 19.5 Å². The maximum atomic E-state index is 12.8. The van der Waals surface area contributed by atoms with E-state index >= 15 is 0 Å². The Morgan fingerprint density at radius 2 is 1.72 bits per heavy atom. The van der Waals surface area contributed by atoms with Crippen LogP contribution in [0.25, 0.3) is 0 Å². The third-order valence-electron chi connectivity index (χ3n) is 6.11. The van der Waals surface area contributed by atoms with Gasteiger partial charge in [0, 0.05) is 37.8 Å². The minimum atomic E-state index is -4.15. The highest BCUT2D eigenvalue weighted by molar-refractivity contribution is 7.88. The third kappa shape index (κ3) is 10.5. The lowest BCUT2D eigenvalue weighted by atomic mass is 10.1. The first kappa shape index (κ1) is 32.7. The Labute approximate surface area is 247 Å². The monoisotopic (exact) mass is 616 g/mol. The zero-order valence-corrected chi connectivity index (χ0v) is 24.1. The van der Waals surface area contributed by atoms with Crippen molar-refractivity contribution in [2.75, 3.05) is 44.2 Å². The van der Waals surface area contributed by atoms with E-state index in [1.165, 1.54) is 4.90 Å². The van der Waals surface area contributed by atoms with Gasteiger partial charge >= 0.3 is 17.9 Å². The van der Waals surface area contributed by atoms with E-state index in [4.69, 9.17) is 11.1 Å². The van der Waals surface area contributed by atoms with Crippen molar-refractivity contribution in [3.8, 4) is 0 Å². The third-order valence-corrected chi connectivity index (χ3v) is 7.47. The zero-order chi connectivity index (χ0) is 31.6. The lowest BCUT2D eigenvalue weighted by molar-refractivity contribution is -0.167. The molecular weight excluding hydrogens is 584 g/mol. The van der Waals surface area contributed by atoms with Gasteiger partial charge < -0.3 is 30.3 Å². The molecule has 230 valence electrons. The van der Waals surface area contributed by atoms with Crippen molar-refractivity contribution in [3.05, 3.63) is 65.7 Å². The van der Waals surface area contributed by atoms with E-state index in [1.54, 1.807) is 59.5 Å². The molecule has 2 aromatic rings. The molecule has 0 aliphatic carbocycles. The van der Waals surface area contributed by atoms with Gasteiger partial charge in [-0.15, -0.1) is 0 Å². The number of nitrogens with two attached hydrogens (primary N) is 1. The van der Waals surface area contributed by atoms with Crippen molar-refractivity contribution >= 4 is 51.3 Å². The van der Waals surface area contributed by atoms with Gasteiger partial charge in [0.15, 0.2) is 6.61 Å². The van der Waals surface area contributed by atoms with Crippen LogP contribution in [0.2, 0.25) is 0 Å². The smallest absolute Gasteiger partial charge is 0.351 e. The molecule has 3 rings (SSSR count). The number of benzene rings is 2. The van der Waals surface area contributed by atoms with E-state index < -0.39 is 58.8 Å². The predicted molar refractivity (Wildman–Crippen MR) is 153 cm³/mol. The number of nitrogens with zero attached hydrogens (tertiary/aromatic N) is 2. The lowest BCUT2D eigenvalue weighted by Crippen LogP contribution is -2.55. The number of sulfonamides is 1. The van der Waals surface area contributed by atoms with E-state index in [0.29, 0.717) is 17.7 Å². The maximum Gasteiger partial charge on any atom is 0.351 e. The first-order chi connectivity index (χ1) is 20.3. The first-order valence-electron chi connectivity index (χ1n) is 13.0. The van der Waals surface area contributed by atoms with Crippen LogP contribution in [0.1, 0.15) is 18.1 Å². The number of anilines is 1. The molecule has 2 amide bonds. The van der Waals surface area contributed by atoms with E-state index in [0.717, 1.165) is 12.6 Å². The minimum absolute atomic E-state index is 0.00855. The van der Waals surface area contributed by atoms with E-state index in [-0.39, 0.29) is 31.4 Å². The normalized spacial score (nSPS) is 14.0. The van der Waals surface area contributed by atoms with Gasteiger partial charge in [-0.1, -0.05) is 30.3 Å². The second kappa shape index (κ2) is 14.9. The molecule has 0 saturated carbocycles. The summed E-state index contributed by atoms with van der Waals surface area (Å²) in [6.07, 6.45) is 0. The van der Waals surface area contributed by atoms with Crippen LogP contribution in [0.15, 0.2) is 54.6 Å². The van der Waals surface area contributed by atoms with Crippen molar-refractivity contribution in [2.45, 2.75) is 18.7 Å². The molecule has 0 radical (unpaired) electrons. The molecular formula is C27H32N6O9S. The number of amides is 2. The van der Waals surface area contributed by atoms with Crippen LogP contribution in [0.3, 0.4) is 0 Å². The summed E-state index contributed by atoms with van der Waals surface area (Å²) in [5.41, 5.74) is 7.18. The van der Waals surface area contributed by atoms with E-state index in [9.17, 15) is 32.4 Å². The van der Waals surface area contributed by atoms with Crippen LogP contribution < -0.4 is 20.7 Å². The fourth-order valence-electron chi connectivity index (χ4n) is 3.99. The lowest BCUT2D eigenvalue weighted by Gasteiger charge is -2.35. The number of hydrogen-bond donors (Lipinski definition) is 4. The number of amidine groups is 1. The Hall–Kier alpha value is -4.83. The van der Waals surface area contributed by atoms with Gasteiger partial charge in [-0.2, -0.15) is 4.72 Å². The number of piperazine rings is 1. The second-order valence-corrected chi connectivity index (χ2v) is 11.2. The van der Waals surface area contributed by atoms with Gasteiger partial charge in [0.05, 0.1) is 18.8 Å². The van der Waals surface area contributed by atoms with Crippen molar-refractivity contribution in [2.24, 2.45) is 5.73 Å². The summed E-state index contributed by atoms with van der Waals surface area (Å²) in [5.74, 6) is -4.95. The molecule has 43 heavy (non-hydrogen) atoms. The zero-order valence-electron chi connectivity index (χ0n) is 23.3. The number of rotatable bonds is 13. The molecule has 1 heterocycles. The molecule has 1 fully saturated rings. The summed E-state index contributed by atoms with van der Waals surface area (Å²) in [5, 5.41) is 9.88. The van der Waals surface area contributed by atoms with Crippen LogP contribution in [0.4, 0.5) is 5.69 Å². The van der Waals surface area contributed by atoms with Crippen LogP contribution >= 0.6 is 0 Å². The Balaban J connectivity index is 1.59. The molecule has 0 bridgehead atoms. The van der Waals surface area contributed by atoms with Gasteiger partial charge in [-0.25, -0.2) is 18.0 Å². The molecule has 15 nitrogen and oxygen atoms in total. The predicted octanol–water partition coefficient (Wildman–Crippen LogP) is -1.14. The summed E-state index contributed by atoms with van der Waals surface area (Å²) < 4.78 is 36.7. The summed E-state index contributed by atoms with van der Waals surface area (Å²) in [6, 6.07) is 13.2. The number of nitrogens with one attached hydrogen (secondary N) is 3. The number of nitrogen functional groups attached to an aromatic ring is 1. The number of hydrogen-bond acceptors (Lipinski definition) is 11. The molecule has 0 unspecified atom stereocenters. The van der Waals surface area contributed by atoms with Crippen molar-refractivity contribution in [3.63, 3.8) is 0 Å².